The van der Waals surface area contributed by atoms with Crippen molar-refractivity contribution in [2.75, 3.05) is 39.6 Å². The third kappa shape index (κ3) is 2.60. The second-order valence-corrected chi connectivity index (χ2v) is 4.71. The van der Waals surface area contributed by atoms with Gasteiger partial charge >= 0.3 is 0 Å². The number of hydrogen-bond acceptors (Lipinski definition) is 4. The second kappa shape index (κ2) is 5.59. The average Bonchev–Trinajstić information content (AvgIpc) is 2.89. The minimum atomic E-state index is 0.357. The van der Waals surface area contributed by atoms with Crippen molar-refractivity contribution in [1.29, 1.82) is 0 Å². The van der Waals surface area contributed by atoms with Gasteiger partial charge in [0.2, 0.25) is 6.79 Å². The molecule has 0 atom stereocenters. The summed E-state index contributed by atoms with van der Waals surface area (Å²) in [5.41, 5.74) is 1.26. The van der Waals surface area contributed by atoms with Crippen molar-refractivity contribution in [3.05, 3.63) is 23.8 Å². The van der Waals surface area contributed by atoms with Crippen LogP contribution in [0.4, 0.5) is 0 Å². The fourth-order valence-electron chi connectivity index (χ4n) is 2.51. The van der Waals surface area contributed by atoms with Crippen LogP contribution in [0.1, 0.15) is 12.0 Å². The van der Waals surface area contributed by atoms with E-state index in [1.54, 1.807) is 0 Å². The first kappa shape index (κ1) is 11.8. The number of para-hydroxylation sites is 1. The van der Waals surface area contributed by atoms with Gasteiger partial charge in [0.15, 0.2) is 11.5 Å². The van der Waals surface area contributed by atoms with E-state index >= 15 is 0 Å². The molecular weight excluding hydrogens is 230 g/mol. The molecule has 1 aromatic carbocycles. The minimum Gasteiger partial charge on any atom is -0.454 e. The number of aryl methyl sites for hydroxylation is 1. The largest absolute Gasteiger partial charge is 0.454 e. The van der Waals surface area contributed by atoms with Crippen LogP contribution in [0.3, 0.4) is 0 Å². The van der Waals surface area contributed by atoms with Gasteiger partial charge in [0.05, 0.1) is 13.2 Å². The van der Waals surface area contributed by atoms with E-state index in [9.17, 15) is 0 Å². The number of fused-ring (bicyclic) bond motifs is 1. The summed E-state index contributed by atoms with van der Waals surface area (Å²) in [4.78, 5) is 2.46. The highest BCUT2D eigenvalue weighted by molar-refractivity contribution is 5.48. The summed E-state index contributed by atoms with van der Waals surface area (Å²) in [6.07, 6.45) is 2.20. The van der Waals surface area contributed by atoms with Gasteiger partial charge in [0, 0.05) is 13.1 Å². The van der Waals surface area contributed by atoms with Crippen LogP contribution < -0.4 is 9.47 Å². The Balaban J connectivity index is 1.52. The molecule has 4 nitrogen and oxygen atoms in total. The molecule has 4 heteroatoms. The molecule has 2 aliphatic rings. The molecule has 0 aliphatic carbocycles. The van der Waals surface area contributed by atoms with E-state index in [2.05, 4.69) is 11.0 Å². The van der Waals surface area contributed by atoms with Gasteiger partial charge in [-0.3, -0.25) is 4.90 Å². The van der Waals surface area contributed by atoms with E-state index in [4.69, 9.17) is 14.2 Å². The molecule has 2 aliphatic heterocycles. The summed E-state index contributed by atoms with van der Waals surface area (Å²) >= 11 is 0. The lowest BCUT2D eigenvalue weighted by Crippen LogP contribution is -2.36. The van der Waals surface area contributed by atoms with E-state index in [0.717, 1.165) is 57.2 Å². The van der Waals surface area contributed by atoms with E-state index in [1.807, 2.05) is 12.1 Å². The van der Waals surface area contributed by atoms with Gasteiger partial charge in [-0.15, -0.1) is 0 Å². The molecule has 98 valence electrons. The molecule has 0 bridgehead atoms. The maximum atomic E-state index is 5.52. The van der Waals surface area contributed by atoms with Gasteiger partial charge in [0.1, 0.15) is 0 Å². The van der Waals surface area contributed by atoms with Gasteiger partial charge in [-0.25, -0.2) is 0 Å². The Morgan fingerprint density at radius 3 is 2.89 bits per heavy atom. The number of nitrogens with zero attached hydrogens (tertiary/aromatic N) is 1. The zero-order chi connectivity index (χ0) is 12.2. The summed E-state index contributed by atoms with van der Waals surface area (Å²) in [6.45, 7) is 5.36. The number of hydrogen-bond donors (Lipinski definition) is 0. The monoisotopic (exact) mass is 249 g/mol. The van der Waals surface area contributed by atoms with Crippen LogP contribution in [-0.2, 0) is 11.2 Å². The van der Waals surface area contributed by atoms with E-state index in [-0.39, 0.29) is 0 Å². The molecule has 1 saturated heterocycles. The van der Waals surface area contributed by atoms with E-state index < -0.39 is 0 Å². The Morgan fingerprint density at radius 1 is 1.11 bits per heavy atom. The Kier molecular flexibility index (Phi) is 3.67. The number of rotatable bonds is 4. The molecule has 0 N–H and O–H groups in total. The molecule has 2 heterocycles. The van der Waals surface area contributed by atoms with Crippen molar-refractivity contribution in [2.45, 2.75) is 12.8 Å². The summed E-state index contributed by atoms with van der Waals surface area (Å²) < 4.78 is 16.2. The quantitative estimate of drug-likeness (QED) is 0.812. The highest BCUT2D eigenvalue weighted by Crippen LogP contribution is 2.35. The second-order valence-electron chi connectivity index (χ2n) is 4.71. The minimum absolute atomic E-state index is 0.357. The molecule has 0 saturated carbocycles. The summed E-state index contributed by atoms with van der Waals surface area (Å²) in [5.74, 6) is 1.83. The Morgan fingerprint density at radius 2 is 2.00 bits per heavy atom. The van der Waals surface area contributed by atoms with Crippen molar-refractivity contribution in [3.8, 4) is 11.5 Å². The first-order valence-electron chi connectivity index (χ1n) is 6.61. The SMILES string of the molecule is c1cc(CCCN2CCOCC2)c2c(c1)OCO2. The number of benzene rings is 1. The van der Waals surface area contributed by atoms with E-state index in [0.29, 0.717) is 6.79 Å². The van der Waals surface area contributed by atoms with Crippen LogP contribution >= 0.6 is 0 Å². The average molecular weight is 249 g/mol. The molecule has 0 radical (unpaired) electrons. The van der Waals surface area contributed by atoms with Crippen molar-refractivity contribution < 1.29 is 14.2 Å². The van der Waals surface area contributed by atoms with Crippen LogP contribution in [0.2, 0.25) is 0 Å². The standard InChI is InChI=1S/C14H19NO3/c1-3-12(14-13(5-1)17-11-18-14)4-2-6-15-7-9-16-10-8-15/h1,3,5H,2,4,6-11H2. The zero-order valence-electron chi connectivity index (χ0n) is 10.6. The predicted octanol–water partition coefficient (Wildman–Crippen LogP) is 1.68. The third-order valence-corrected chi connectivity index (χ3v) is 3.50. The third-order valence-electron chi connectivity index (χ3n) is 3.50. The van der Waals surface area contributed by atoms with Gasteiger partial charge < -0.3 is 14.2 Å². The highest BCUT2D eigenvalue weighted by atomic mass is 16.7. The van der Waals surface area contributed by atoms with Crippen LogP contribution in [0, 0.1) is 0 Å². The molecule has 0 aromatic heterocycles. The number of ether oxygens (including phenoxy) is 3. The van der Waals surface area contributed by atoms with Gasteiger partial charge in [-0.1, -0.05) is 12.1 Å². The van der Waals surface area contributed by atoms with Gasteiger partial charge in [0.25, 0.3) is 0 Å². The zero-order valence-corrected chi connectivity index (χ0v) is 10.6. The normalized spacial score (nSPS) is 19.1. The molecule has 18 heavy (non-hydrogen) atoms. The smallest absolute Gasteiger partial charge is 0.231 e. The van der Waals surface area contributed by atoms with Gasteiger partial charge in [-0.05, 0) is 31.0 Å². The predicted molar refractivity (Wildman–Crippen MR) is 68.1 cm³/mol. The molecule has 0 amide bonds. The fourth-order valence-corrected chi connectivity index (χ4v) is 2.51. The Labute approximate surface area is 107 Å². The molecule has 1 fully saturated rings. The Hall–Kier alpha value is -1.26. The van der Waals surface area contributed by atoms with Crippen molar-refractivity contribution in [3.63, 3.8) is 0 Å². The van der Waals surface area contributed by atoms with Crippen molar-refractivity contribution in [1.82, 2.24) is 4.90 Å². The molecule has 0 unspecified atom stereocenters. The molecule has 3 rings (SSSR count). The summed E-state index contributed by atoms with van der Waals surface area (Å²) in [5, 5.41) is 0. The van der Waals surface area contributed by atoms with E-state index in [1.165, 1.54) is 5.56 Å². The van der Waals surface area contributed by atoms with Crippen molar-refractivity contribution in [2.24, 2.45) is 0 Å². The first-order valence-corrected chi connectivity index (χ1v) is 6.61. The molecular formula is C14H19NO3. The maximum absolute atomic E-state index is 5.52. The first-order chi connectivity index (χ1) is 8.93. The lowest BCUT2D eigenvalue weighted by atomic mass is 10.1. The topological polar surface area (TPSA) is 30.9 Å². The molecule has 0 spiro atoms. The van der Waals surface area contributed by atoms with Crippen LogP contribution in [0.5, 0.6) is 11.5 Å². The highest BCUT2D eigenvalue weighted by Gasteiger charge is 2.17. The van der Waals surface area contributed by atoms with Crippen molar-refractivity contribution >= 4 is 0 Å². The van der Waals surface area contributed by atoms with Gasteiger partial charge in [-0.2, -0.15) is 0 Å². The number of morpholine rings is 1. The fraction of sp³-hybridized carbons (Fsp3) is 0.571. The lowest BCUT2D eigenvalue weighted by molar-refractivity contribution is 0.0374. The molecule has 1 aromatic rings. The lowest BCUT2D eigenvalue weighted by Gasteiger charge is -2.26. The van der Waals surface area contributed by atoms with Crippen LogP contribution in [0.25, 0.3) is 0 Å². The summed E-state index contributed by atoms with van der Waals surface area (Å²) in [7, 11) is 0. The summed E-state index contributed by atoms with van der Waals surface area (Å²) in [6, 6.07) is 6.14. The van der Waals surface area contributed by atoms with Crippen LogP contribution in [-0.4, -0.2) is 44.5 Å². The Bertz CT molecular complexity index is 402. The van der Waals surface area contributed by atoms with Crippen LogP contribution in [0.15, 0.2) is 18.2 Å². The maximum Gasteiger partial charge on any atom is 0.231 e.